The number of hydrogen-bond donors (Lipinski definition) is 0. The molecule has 10 nitrogen and oxygen atoms in total. The molecule has 2 atom stereocenters. The number of aromatic nitrogens is 2. The Bertz CT molecular complexity index is 1520. The van der Waals surface area contributed by atoms with E-state index >= 15 is 0 Å². The highest BCUT2D eigenvalue weighted by molar-refractivity contribution is 6.31. The number of anilines is 1. The molecule has 3 aromatic rings. The lowest BCUT2D eigenvalue weighted by Gasteiger charge is -2.32. The van der Waals surface area contributed by atoms with Crippen LogP contribution in [0.2, 0.25) is 5.02 Å². The van der Waals surface area contributed by atoms with Crippen LogP contribution in [-0.2, 0) is 9.53 Å². The molecule has 232 valence electrons. The number of fused-ring (bicyclic) bond motifs is 2. The second kappa shape index (κ2) is 13.1. The zero-order chi connectivity index (χ0) is 30.8. The quantitative estimate of drug-likeness (QED) is 0.380. The lowest BCUT2D eigenvalue weighted by atomic mass is 10.0. The van der Waals surface area contributed by atoms with Crippen molar-refractivity contribution < 1.29 is 19.1 Å². The van der Waals surface area contributed by atoms with Crippen molar-refractivity contribution in [1.82, 2.24) is 24.9 Å². The topological polar surface area (TPSA) is 99.2 Å². The van der Waals surface area contributed by atoms with Gasteiger partial charge >= 0.3 is 6.09 Å². The van der Waals surface area contributed by atoms with Crippen LogP contribution in [0.1, 0.15) is 42.1 Å². The van der Waals surface area contributed by atoms with Gasteiger partial charge < -0.3 is 19.4 Å². The Kier molecular flexibility index (Phi) is 9.00. The second-order valence-corrected chi connectivity index (χ2v) is 12.7. The number of piperidine rings is 1. The van der Waals surface area contributed by atoms with Crippen LogP contribution in [0.3, 0.4) is 0 Å². The molecule has 2 aromatic carbocycles. The van der Waals surface area contributed by atoms with Gasteiger partial charge in [-0.25, -0.2) is 4.79 Å². The number of likely N-dealkylation sites (tertiary alicyclic amines) is 3. The molecule has 0 N–H and O–H groups in total. The molecule has 3 aliphatic rings. The van der Waals surface area contributed by atoms with Crippen molar-refractivity contribution >= 4 is 46.1 Å². The Labute approximate surface area is 262 Å². The zero-order valence-corrected chi connectivity index (χ0v) is 26.1. The maximum atomic E-state index is 13.4. The minimum atomic E-state index is -0.378. The fourth-order valence-corrected chi connectivity index (χ4v) is 6.98. The van der Waals surface area contributed by atoms with E-state index in [4.69, 9.17) is 16.3 Å². The number of hydrogen-bond acceptors (Lipinski definition) is 7. The van der Waals surface area contributed by atoms with Gasteiger partial charge in [-0.1, -0.05) is 35.9 Å². The first kappa shape index (κ1) is 30.3. The smallest absolute Gasteiger partial charge is 0.414 e. The first-order chi connectivity index (χ1) is 21.3. The summed E-state index contributed by atoms with van der Waals surface area (Å²) in [5, 5.41) is 9.66. The third-order valence-electron chi connectivity index (χ3n) is 9.32. The largest absolute Gasteiger partial charge is 0.446 e. The first-order valence-corrected chi connectivity index (χ1v) is 15.9. The highest BCUT2D eigenvalue weighted by Gasteiger charge is 2.42. The summed E-state index contributed by atoms with van der Waals surface area (Å²) < 4.78 is 5.93. The lowest BCUT2D eigenvalue weighted by Crippen LogP contribution is -2.43. The molecule has 3 amide bonds. The molecule has 0 radical (unpaired) electrons. The molecule has 0 aliphatic carbocycles. The second-order valence-electron chi connectivity index (χ2n) is 12.3. The summed E-state index contributed by atoms with van der Waals surface area (Å²) in [5.74, 6) is 0.932. The summed E-state index contributed by atoms with van der Waals surface area (Å²) in [5.41, 5.74) is 3.01. The normalized spacial score (nSPS) is 20.6. The number of rotatable bonds is 7. The highest BCUT2D eigenvalue weighted by Crippen LogP contribution is 2.33. The van der Waals surface area contributed by atoms with Crippen LogP contribution >= 0.6 is 11.6 Å². The van der Waals surface area contributed by atoms with Gasteiger partial charge in [-0.15, -0.1) is 0 Å². The third kappa shape index (κ3) is 6.51. The van der Waals surface area contributed by atoms with Crippen LogP contribution in [0.5, 0.6) is 0 Å². The van der Waals surface area contributed by atoms with Crippen molar-refractivity contribution in [2.45, 2.75) is 39.2 Å². The van der Waals surface area contributed by atoms with E-state index in [2.05, 4.69) is 15.1 Å². The number of ether oxygens (including phenoxy) is 1. The van der Waals surface area contributed by atoms with Gasteiger partial charge in [-0.3, -0.25) is 14.5 Å². The zero-order valence-electron chi connectivity index (χ0n) is 25.3. The Morgan fingerprint density at radius 3 is 2.43 bits per heavy atom. The SMILES string of the molecule is CC(=O)N1CCC(OC(=O)N(CCCN2CC3CN(C(=O)c4cnnc5ccccc45)CC3C2)c2ccc(C)c(Cl)c2)CC1. The average Bonchev–Trinajstić information content (AvgIpc) is 3.60. The maximum Gasteiger partial charge on any atom is 0.414 e. The third-order valence-corrected chi connectivity index (χ3v) is 9.73. The number of aryl methyl sites for hydroxylation is 1. The van der Waals surface area contributed by atoms with Gasteiger partial charge in [-0.05, 0) is 55.5 Å². The predicted molar refractivity (Wildman–Crippen MR) is 169 cm³/mol. The molecule has 3 saturated heterocycles. The van der Waals surface area contributed by atoms with Gasteiger partial charge in [0.15, 0.2) is 0 Å². The average molecular weight is 619 g/mol. The van der Waals surface area contributed by atoms with E-state index in [1.54, 1.807) is 22.9 Å². The Morgan fingerprint density at radius 2 is 1.73 bits per heavy atom. The molecular weight excluding hydrogens is 580 g/mol. The molecule has 0 bridgehead atoms. The molecule has 2 unspecified atom stereocenters. The van der Waals surface area contributed by atoms with Gasteiger partial charge in [0, 0.05) is 81.7 Å². The number of carbonyl (C=O) groups excluding carboxylic acids is 3. The summed E-state index contributed by atoms with van der Waals surface area (Å²) >= 11 is 6.44. The van der Waals surface area contributed by atoms with Gasteiger partial charge in [-0.2, -0.15) is 10.2 Å². The van der Waals surface area contributed by atoms with Crippen molar-refractivity contribution in [3.8, 4) is 0 Å². The Hall–Kier alpha value is -3.76. The van der Waals surface area contributed by atoms with E-state index in [1.807, 2.05) is 54.3 Å². The van der Waals surface area contributed by atoms with Gasteiger partial charge in [0.25, 0.3) is 5.91 Å². The van der Waals surface area contributed by atoms with Crippen molar-refractivity contribution in [2.75, 3.05) is 57.3 Å². The summed E-state index contributed by atoms with van der Waals surface area (Å²) in [6, 6.07) is 13.3. The van der Waals surface area contributed by atoms with Crippen LogP contribution in [0, 0.1) is 18.8 Å². The fourth-order valence-electron chi connectivity index (χ4n) is 6.81. The van der Waals surface area contributed by atoms with Crippen LogP contribution in [-0.4, -0.2) is 101 Å². The van der Waals surface area contributed by atoms with Crippen molar-refractivity contribution in [2.24, 2.45) is 11.8 Å². The van der Waals surface area contributed by atoms with E-state index in [1.165, 1.54) is 0 Å². The van der Waals surface area contributed by atoms with Crippen LogP contribution in [0.15, 0.2) is 48.7 Å². The van der Waals surface area contributed by atoms with Crippen molar-refractivity contribution in [3.63, 3.8) is 0 Å². The van der Waals surface area contributed by atoms with Crippen molar-refractivity contribution in [1.29, 1.82) is 0 Å². The molecule has 44 heavy (non-hydrogen) atoms. The molecule has 0 spiro atoms. The maximum absolute atomic E-state index is 13.4. The van der Waals surface area contributed by atoms with E-state index in [9.17, 15) is 14.4 Å². The van der Waals surface area contributed by atoms with E-state index < -0.39 is 0 Å². The van der Waals surface area contributed by atoms with E-state index in [0.29, 0.717) is 54.9 Å². The van der Waals surface area contributed by atoms with Crippen LogP contribution < -0.4 is 4.90 Å². The number of benzene rings is 2. The Balaban J connectivity index is 1.03. The molecule has 11 heteroatoms. The summed E-state index contributed by atoms with van der Waals surface area (Å²) in [4.78, 5) is 46.4. The van der Waals surface area contributed by atoms with Crippen LogP contribution in [0.4, 0.5) is 10.5 Å². The fraction of sp³-hybridized carbons (Fsp3) is 0.485. The van der Waals surface area contributed by atoms with Gasteiger partial charge in [0.2, 0.25) is 5.91 Å². The van der Waals surface area contributed by atoms with E-state index in [0.717, 1.165) is 61.3 Å². The number of carbonyl (C=O) groups is 3. The summed E-state index contributed by atoms with van der Waals surface area (Å²) in [7, 11) is 0. The number of nitrogens with zero attached hydrogens (tertiary/aromatic N) is 6. The minimum Gasteiger partial charge on any atom is -0.446 e. The highest BCUT2D eigenvalue weighted by atomic mass is 35.5. The minimum absolute atomic E-state index is 0.0231. The molecule has 4 heterocycles. The number of halogens is 1. The predicted octanol–water partition coefficient (Wildman–Crippen LogP) is 4.64. The van der Waals surface area contributed by atoms with Gasteiger partial charge in [0.05, 0.1) is 17.3 Å². The molecule has 0 saturated carbocycles. The monoisotopic (exact) mass is 618 g/mol. The Morgan fingerprint density at radius 1 is 1.00 bits per heavy atom. The molecule has 3 aliphatic heterocycles. The summed E-state index contributed by atoms with van der Waals surface area (Å²) in [6.07, 6.45) is 3.04. The number of amides is 3. The molecule has 3 fully saturated rings. The molecular formula is C33H39ClN6O4. The lowest BCUT2D eigenvalue weighted by molar-refractivity contribution is -0.130. The summed E-state index contributed by atoms with van der Waals surface area (Å²) in [6.45, 7) is 9.38. The van der Waals surface area contributed by atoms with Crippen molar-refractivity contribution in [3.05, 3.63) is 64.8 Å². The van der Waals surface area contributed by atoms with E-state index in [-0.39, 0.29) is 24.0 Å². The van der Waals surface area contributed by atoms with Crippen LogP contribution in [0.25, 0.3) is 10.9 Å². The standard InChI is InChI=1S/C33H39ClN6O4/c1-22-8-9-26(16-30(22)34)40(33(43)44-27-10-14-38(15-11-27)23(2)41)13-5-12-37-18-24-20-39(21-25(24)19-37)32(42)29-17-35-36-31-7-4-3-6-28(29)31/h3-4,6-9,16-17,24-25,27H,5,10-15,18-21H2,1-2H3. The molecule has 6 rings (SSSR count). The molecule has 1 aromatic heterocycles. The van der Waals surface area contributed by atoms with Gasteiger partial charge in [0.1, 0.15) is 6.10 Å². The first-order valence-electron chi connectivity index (χ1n) is 15.5.